The normalized spacial score (nSPS) is 24.4. The first-order chi connectivity index (χ1) is 9.58. The second kappa shape index (κ2) is 6.86. The van der Waals surface area contributed by atoms with Crippen LogP contribution in [0.15, 0.2) is 30.3 Å². The maximum absolute atomic E-state index is 12.1. The maximum Gasteiger partial charge on any atom is 0.222 e. The lowest BCUT2D eigenvalue weighted by molar-refractivity contribution is -0.135. The van der Waals surface area contributed by atoms with Crippen LogP contribution in [0.25, 0.3) is 0 Å². The number of rotatable bonds is 4. The molecule has 1 aromatic carbocycles. The number of hydrogen-bond donors (Lipinski definition) is 2. The first kappa shape index (κ1) is 15.0. The van der Waals surface area contributed by atoms with Gasteiger partial charge in [-0.05, 0) is 24.3 Å². The van der Waals surface area contributed by atoms with Crippen LogP contribution in [0, 0.1) is 5.92 Å². The minimum Gasteiger partial charge on any atom is -0.391 e. The number of aliphatic hydroxyl groups excluding tert-OH is 1. The van der Waals surface area contributed by atoms with Crippen LogP contribution in [-0.4, -0.2) is 35.1 Å². The van der Waals surface area contributed by atoms with Crippen LogP contribution in [-0.2, 0) is 4.79 Å². The van der Waals surface area contributed by atoms with E-state index in [1.54, 1.807) is 4.90 Å². The highest BCUT2D eigenvalue weighted by Crippen LogP contribution is 2.20. The molecular formula is C16H24N2O2. The molecule has 4 nitrogen and oxygen atoms in total. The number of carbonyl (C=O) groups is 1. The molecule has 1 aromatic rings. The van der Waals surface area contributed by atoms with Crippen molar-refractivity contribution in [1.82, 2.24) is 4.90 Å². The summed E-state index contributed by atoms with van der Waals surface area (Å²) in [5, 5.41) is 9.83. The first-order valence-corrected chi connectivity index (χ1v) is 7.34. The lowest BCUT2D eigenvalue weighted by atomic mass is 9.95. The third kappa shape index (κ3) is 3.81. The molecule has 2 rings (SSSR count). The molecule has 1 amide bonds. The number of piperidine rings is 1. The maximum atomic E-state index is 12.1. The summed E-state index contributed by atoms with van der Waals surface area (Å²) in [6, 6.07) is 9.74. The molecule has 1 saturated heterocycles. The van der Waals surface area contributed by atoms with E-state index in [0.29, 0.717) is 19.4 Å². The number of hydrogen-bond acceptors (Lipinski definition) is 3. The van der Waals surface area contributed by atoms with E-state index >= 15 is 0 Å². The van der Waals surface area contributed by atoms with Crippen molar-refractivity contribution in [1.29, 1.82) is 0 Å². The molecule has 0 aliphatic carbocycles. The van der Waals surface area contributed by atoms with E-state index in [-0.39, 0.29) is 17.9 Å². The van der Waals surface area contributed by atoms with Gasteiger partial charge in [0, 0.05) is 25.6 Å². The van der Waals surface area contributed by atoms with Crippen molar-refractivity contribution in [3.8, 4) is 0 Å². The molecule has 0 bridgehead atoms. The van der Waals surface area contributed by atoms with Gasteiger partial charge in [-0.3, -0.25) is 4.79 Å². The van der Waals surface area contributed by atoms with Gasteiger partial charge in [0.1, 0.15) is 0 Å². The lowest BCUT2D eigenvalue weighted by Gasteiger charge is -2.34. The number of nitrogens with zero attached hydrogens (tertiary/aromatic N) is 1. The van der Waals surface area contributed by atoms with E-state index in [2.05, 4.69) is 0 Å². The molecule has 0 radical (unpaired) electrons. The van der Waals surface area contributed by atoms with Gasteiger partial charge in [-0.2, -0.15) is 0 Å². The average molecular weight is 276 g/mol. The number of aliphatic hydroxyl groups is 1. The number of β-amino-alcohol motifs (C(OH)–C–C–N with tert-alkyl or cyclic N) is 1. The van der Waals surface area contributed by atoms with E-state index in [1.807, 2.05) is 37.3 Å². The molecule has 3 N–H and O–H groups in total. The van der Waals surface area contributed by atoms with Crippen molar-refractivity contribution >= 4 is 5.91 Å². The van der Waals surface area contributed by atoms with E-state index < -0.39 is 6.10 Å². The minimum atomic E-state index is -0.393. The highest BCUT2D eigenvalue weighted by Gasteiger charge is 2.27. The van der Waals surface area contributed by atoms with Crippen LogP contribution in [0.4, 0.5) is 0 Å². The minimum absolute atomic E-state index is 0.0994. The zero-order chi connectivity index (χ0) is 14.5. The number of carbonyl (C=O) groups excluding carboxylic acids is 1. The Bertz CT molecular complexity index is 435. The number of nitrogens with two attached hydrogens (primary N) is 1. The summed E-state index contributed by atoms with van der Waals surface area (Å²) in [7, 11) is 0. The van der Waals surface area contributed by atoms with Crippen LogP contribution < -0.4 is 5.73 Å². The second-order valence-electron chi connectivity index (χ2n) is 5.73. The fourth-order valence-corrected chi connectivity index (χ4v) is 2.58. The van der Waals surface area contributed by atoms with Crippen molar-refractivity contribution in [3.05, 3.63) is 35.9 Å². The molecule has 1 heterocycles. The third-order valence-electron chi connectivity index (χ3n) is 4.17. The van der Waals surface area contributed by atoms with E-state index in [4.69, 9.17) is 5.73 Å². The first-order valence-electron chi connectivity index (χ1n) is 7.34. The highest BCUT2D eigenvalue weighted by atomic mass is 16.3. The van der Waals surface area contributed by atoms with Gasteiger partial charge in [0.2, 0.25) is 5.91 Å². The molecule has 1 aliphatic rings. The standard InChI is InChI=1S/C16H24N2O2/c1-12-9-10-18(11-15(12)19)16(20)8-7-14(17)13-5-3-2-4-6-13/h2-6,12,14-15,19H,7-11,17H2,1H3. The van der Waals surface area contributed by atoms with Gasteiger partial charge in [-0.15, -0.1) is 0 Å². The summed E-state index contributed by atoms with van der Waals surface area (Å²) in [6.07, 6.45) is 1.57. The van der Waals surface area contributed by atoms with Gasteiger partial charge in [0.25, 0.3) is 0 Å². The van der Waals surface area contributed by atoms with Crippen molar-refractivity contribution in [3.63, 3.8) is 0 Å². The molecule has 4 heteroatoms. The molecule has 20 heavy (non-hydrogen) atoms. The van der Waals surface area contributed by atoms with Crippen molar-refractivity contribution in [2.24, 2.45) is 11.7 Å². The zero-order valence-electron chi connectivity index (χ0n) is 12.0. The van der Waals surface area contributed by atoms with E-state index in [0.717, 1.165) is 18.5 Å². The molecular weight excluding hydrogens is 252 g/mol. The summed E-state index contributed by atoms with van der Waals surface area (Å²) < 4.78 is 0. The van der Waals surface area contributed by atoms with Gasteiger partial charge in [-0.25, -0.2) is 0 Å². The van der Waals surface area contributed by atoms with Gasteiger partial charge >= 0.3 is 0 Å². The quantitative estimate of drug-likeness (QED) is 0.879. The van der Waals surface area contributed by atoms with Crippen LogP contribution >= 0.6 is 0 Å². The Morgan fingerprint density at radius 3 is 2.80 bits per heavy atom. The summed E-state index contributed by atoms with van der Waals surface area (Å²) in [6.45, 7) is 3.23. The fourth-order valence-electron chi connectivity index (χ4n) is 2.58. The second-order valence-corrected chi connectivity index (χ2v) is 5.73. The molecule has 0 spiro atoms. The Morgan fingerprint density at radius 2 is 2.15 bits per heavy atom. The third-order valence-corrected chi connectivity index (χ3v) is 4.17. The Hall–Kier alpha value is -1.39. The van der Waals surface area contributed by atoms with Crippen LogP contribution in [0.3, 0.4) is 0 Å². The monoisotopic (exact) mass is 276 g/mol. The predicted molar refractivity (Wildman–Crippen MR) is 79.0 cm³/mol. The SMILES string of the molecule is CC1CCN(C(=O)CCC(N)c2ccccc2)CC1O. The topological polar surface area (TPSA) is 66.6 Å². The largest absolute Gasteiger partial charge is 0.391 e. The molecule has 1 aliphatic heterocycles. The van der Waals surface area contributed by atoms with E-state index in [1.165, 1.54) is 0 Å². The van der Waals surface area contributed by atoms with Gasteiger partial charge < -0.3 is 15.7 Å². The van der Waals surface area contributed by atoms with Crippen molar-refractivity contribution in [2.75, 3.05) is 13.1 Å². The van der Waals surface area contributed by atoms with Gasteiger partial charge in [0.05, 0.1) is 6.10 Å². The molecule has 0 aromatic heterocycles. The Balaban J connectivity index is 1.80. The van der Waals surface area contributed by atoms with Crippen molar-refractivity contribution in [2.45, 2.75) is 38.3 Å². The smallest absolute Gasteiger partial charge is 0.222 e. The number of benzene rings is 1. The number of likely N-dealkylation sites (tertiary alicyclic amines) is 1. The van der Waals surface area contributed by atoms with Crippen LogP contribution in [0.2, 0.25) is 0 Å². The fraction of sp³-hybridized carbons (Fsp3) is 0.562. The average Bonchev–Trinajstić information content (AvgIpc) is 2.48. The number of amides is 1. The zero-order valence-corrected chi connectivity index (χ0v) is 12.0. The van der Waals surface area contributed by atoms with Crippen LogP contribution in [0.5, 0.6) is 0 Å². The molecule has 3 unspecified atom stereocenters. The molecule has 0 saturated carbocycles. The predicted octanol–water partition coefficient (Wildman–Crippen LogP) is 1.70. The van der Waals surface area contributed by atoms with Gasteiger partial charge in [-0.1, -0.05) is 37.3 Å². The molecule has 3 atom stereocenters. The lowest BCUT2D eigenvalue weighted by Crippen LogP contribution is -2.45. The highest BCUT2D eigenvalue weighted by molar-refractivity contribution is 5.76. The van der Waals surface area contributed by atoms with E-state index in [9.17, 15) is 9.90 Å². The summed E-state index contributed by atoms with van der Waals surface area (Å²) in [4.78, 5) is 13.9. The summed E-state index contributed by atoms with van der Waals surface area (Å²) >= 11 is 0. The summed E-state index contributed by atoms with van der Waals surface area (Å²) in [5.74, 6) is 0.382. The molecule has 110 valence electrons. The summed E-state index contributed by atoms with van der Waals surface area (Å²) in [5.41, 5.74) is 7.16. The Kier molecular flexibility index (Phi) is 5.15. The Labute approximate surface area is 120 Å². The van der Waals surface area contributed by atoms with Crippen molar-refractivity contribution < 1.29 is 9.90 Å². The van der Waals surface area contributed by atoms with Crippen LogP contribution in [0.1, 0.15) is 37.8 Å². The van der Waals surface area contributed by atoms with Gasteiger partial charge in [0.15, 0.2) is 0 Å². The molecule has 1 fully saturated rings. The Morgan fingerprint density at radius 1 is 1.45 bits per heavy atom.